The van der Waals surface area contributed by atoms with Gasteiger partial charge in [0.05, 0.1) is 25.6 Å². The highest BCUT2D eigenvalue weighted by molar-refractivity contribution is 9.10. The van der Waals surface area contributed by atoms with Gasteiger partial charge in [0.25, 0.3) is 5.56 Å². The monoisotopic (exact) mass is 535 g/mol. The van der Waals surface area contributed by atoms with Crippen molar-refractivity contribution in [2.24, 2.45) is 0 Å². The van der Waals surface area contributed by atoms with Crippen molar-refractivity contribution in [1.82, 2.24) is 4.57 Å². The number of aromatic nitrogens is 1. The third-order valence-electron chi connectivity index (χ3n) is 5.82. The fourth-order valence-electron chi connectivity index (χ4n) is 4.12. The van der Waals surface area contributed by atoms with Gasteiger partial charge in [0.2, 0.25) is 6.79 Å². The van der Waals surface area contributed by atoms with Crippen LogP contribution in [0.1, 0.15) is 21.6 Å². The van der Waals surface area contributed by atoms with Gasteiger partial charge in [-0.15, -0.1) is 0 Å². The Morgan fingerprint density at radius 2 is 1.77 bits per heavy atom. The van der Waals surface area contributed by atoms with Crippen LogP contribution >= 0.6 is 15.9 Å². The summed E-state index contributed by atoms with van der Waals surface area (Å²) in [6.07, 6.45) is 0.637. The molecule has 0 aliphatic carbocycles. The third-order valence-corrected chi connectivity index (χ3v) is 6.32. The molecule has 0 fully saturated rings. The second-order valence-electron chi connectivity index (χ2n) is 8.02. The third kappa shape index (κ3) is 4.61. The lowest BCUT2D eigenvalue weighted by molar-refractivity contribution is 0.0582. The van der Waals surface area contributed by atoms with E-state index in [0.29, 0.717) is 41.0 Å². The SMILES string of the molecule is COC(=O)c1c(OCCc2ccccc2)c2cc(Br)ccc2c(=O)n1Cc1ccc2c(c1)OCO2. The molecule has 3 aromatic carbocycles. The second kappa shape index (κ2) is 9.84. The van der Waals surface area contributed by atoms with Gasteiger partial charge in [-0.1, -0.05) is 52.3 Å². The Morgan fingerprint density at radius 3 is 2.57 bits per heavy atom. The fourth-order valence-corrected chi connectivity index (χ4v) is 4.48. The molecule has 8 heteroatoms. The van der Waals surface area contributed by atoms with Gasteiger partial charge in [-0.2, -0.15) is 0 Å². The maximum Gasteiger partial charge on any atom is 0.358 e. The first-order valence-corrected chi connectivity index (χ1v) is 11.8. The number of fused-ring (bicyclic) bond motifs is 2. The molecule has 1 aliphatic rings. The minimum atomic E-state index is -0.653. The van der Waals surface area contributed by atoms with Gasteiger partial charge in [-0.05, 0) is 41.5 Å². The second-order valence-corrected chi connectivity index (χ2v) is 8.94. The molecule has 0 saturated carbocycles. The zero-order valence-electron chi connectivity index (χ0n) is 19.0. The Morgan fingerprint density at radius 1 is 0.971 bits per heavy atom. The molecule has 5 rings (SSSR count). The van der Waals surface area contributed by atoms with Crippen LogP contribution in [0.25, 0.3) is 10.8 Å². The van der Waals surface area contributed by atoms with Crippen molar-refractivity contribution in [2.45, 2.75) is 13.0 Å². The highest BCUT2D eigenvalue weighted by Crippen LogP contribution is 2.34. The first-order valence-electron chi connectivity index (χ1n) is 11.0. The molecule has 0 unspecified atom stereocenters. The Hall–Kier alpha value is -3.78. The van der Waals surface area contributed by atoms with E-state index in [9.17, 15) is 9.59 Å². The van der Waals surface area contributed by atoms with Gasteiger partial charge < -0.3 is 18.9 Å². The van der Waals surface area contributed by atoms with Crippen LogP contribution in [0.4, 0.5) is 0 Å². The number of nitrogens with zero attached hydrogens (tertiary/aromatic N) is 1. The first kappa shape index (κ1) is 23.0. The molecule has 4 aromatic rings. The minimum Gasteiger partial charge on any atom is -0.490 e. The van der Waals surface area contributed by atoms with Crippen molar-refractivity contribution in [3.8, 4) is 17.2 Å². The van der Waals surface area contributed by atoms with E-state index in [1.165, 1.54) is 11.7 Å². The predicted octanol–water partition coefficient (Wildman–Crippen LogP) is 4.95. The lowest BCUT2D eigenvalue weighted by Crippen LogP contribution is -2.28. The maximum absolute atomic E-state index is 13.6. The molecule has 1 aromatic heterocycles. The number of benzene rings is 3. The highest BCUT2D eigenvalue weighted by atomic mass is 79.9. The number of esters is 1. The molecule has 0 atom stereocenters. The van der Waals surface area contributed by atoms with E-state index in [-0.39, 0.29) is 24.6 Å². The zero-order valence-corrected chi connectivity index (χ0v) is 20.5. The normalized spacial score (nSPS) is 12.1. The average molecular weight is 536 g/mol. The van der Waals surface area contributed by atoms with E-state index in [4.69, 9.17) is 18.9 Å². The lowest BCUT2D eigenvalue weighted by atomic mass is 10.1. The van der Waals surface area contributed by atoms with Crippen molar-refractivity contribution >= 4 is 32.7 Å². The number of pyridine rings is 1. The number of ether oxygens (including phenoxy) is 4. The largest absolute Gasteiger partial charge is 0.490 e. The summed E-state index contributed by atoms with van der Waals surface area (Å²) < 4.78 is 24.3. The lowest BCUT2D eigenvalue weighted by Gasteiger charge is -2.19. The van der Waals surface area contributed by atoms with Crippen LogP contribution in [0.2, 0.25) is 0 Å². The van der Waals surface area contributed by atoms with Crippen LogP contribution in [0.15, 0.2) is 76.0 Å². The van der Waals surface area contributed by atoms with E-state index in [1.807, 2.05) is 36.4 Å². The summed E-state index contributed by atoms with van der Waals surface area (Å²) >= 11 is 3.47. The summed E-state index contributed by atoms with van der Waals surface area (Å²) in [5.74, 6) is 0.894. The topological polar surface area (TPSA) is 76.0 Å². The van der Waals surface area contributed by atoms with E-state index in [2.05, 4.69) is 15.9 Å². The number of carbonyl (C=O) groups excluding carboxylic acids is 1. The van der Waals surface area contributed by atoms with E-state index in [1.54, 1.807) is 30.3 Å². The van der Waals surface area contributed by atoms with Crippen molar-refractivity contribution in [2.75, 3.05) is 20.5 Å². The highest BCUT2D eigenvalue weighted by Gasteiger charge is 2.25. The standard InChI is InChI=1S/C27H22BrNO6/c1-32-27(31)24-25(33-12-11-17-5-3-2-4-6-17)21-14-19(28)8-9-20(21)26(30)29(24)15-18-7-10-22-23(13-18)35-16-34-22/h2-10,13-14H,11-12,15-16H2,1H3. The molecule has 0 radical (unpaired) electrons. The predicted molar refractivity (Wildman–Crippen MR) is 135 cm³/mol. The molecule has 7 nitrogen and oxygen atoms in total. The van der Waals surface area contributed by atoms with Crippen molar-refractivity contribution in [3.63, 3.8) is 0 Å². The maximum atomic E-state index is 13.6. The molecule has 0 amide bonds. The van der Waals surface area contributed by atoms with Crippen LogP contribution in [0.3, 0.4) is 0 Å². The number of methoxy groups -OCH3 is 1. The molecule has 1 aliphatic heterocycles. The number of halogens is 1. The summed E-state index contributed by atoms with van der Waals surface area (Å²) in [6.45, 7) is 0.592. The van der Waals surface area contributed by atoms with Crippen LogP contribution in [-0.2, 0) is 17.7 Å². The molecule has 0 spiro atoms. The van der Waals surface area contributed by atoms with Crippen molar-refractivity contribution < 1.29 is 23.7 Å². The van der Waals surface area contributed by atoms with Gasteiger partial charge in [0.15, 0.2) is 22.9 Å². The van der Waals surface area contributed by atoms with E-state index >= 15 is 0 Å². The average Bonchev–Trinajstić information content (AvgIpc) is 3.34. The van der Waals surface area contributed by atoms with Crippen LogP contribution in [0, 0.1) is 0 Å². The van der Waals surface area contributed by atoms with Crippen LogP contribution in [-0.4, -0.2) is 31.0 Å². The van der Waals surface area contributed by atoms with Crippen LogP contribution < -0.4 is 19.8 Å². The smallest absolute Gasteiger partial charge is 0.358 e. The molecule has 2 heterocycles. The quantitative estimate of drug-likeness (QED) is 0.311. The summed E-state index contributed by atoms with van der Waals surface area (Å²) in [5.41, 5.74) is 1.62. The summed E-state index contributed by atoms with van der Waals surface area (Å²) in [7, 11) is 1.29. The van der Waals surface area contributed by atoms with Gasteiger partial charge in [0, 0.05) is 16.3 Å². The zero-order chi connectivity index (χ0) is 24.4. The first-order chi connectivity index (χ1) is 17.0. The molecule has 0 saturated heterocycles. The van der Waals surface area contributed by atoms with Crippen molar-refractivity contribution in [1.29, 1.82) is 0 Å². The molecule has 0 N–H and O–H groups in total. The number of carbonyl (C=O) groups is 1. The van der Waals surface area contributed by atoms with Gasteiger partial charge in [-0.25, -0.2) is 4.79 Å². The Kier molecular flexibility index (Phi) is 6.46. The Labute approximate surface area is 209 Å². The Bertz CT molecular complexity index is 1460. The number of hydrogen-bond acceptors (Lipinski definition) is 6. The van der Waals surface area contributed by atoms with Gasteiger partial charge in [0.1, 0.15) is 0 Å². The van der Waals surface area contributed by atoms with Gasteiger partial charge in [-0.3, -0.25) is 9.36 Å². The summed E-state index contributed by atoms with van der Waals surface area (Å²) in [5, 5.41) is 0.982. The number of rotatable bonds is 7. The Balaban J connectivity index is 1.62. The van der Waals surface area contributed by atoms with E-state index < -0.39 is 5.97 Å². The summed E-state index contributed by atoms with van der Waals surface area (Å²) in [4.78, 5) is 26.6. The summed E-state index contributed by atoms with van der Waals surface area (Å²) in [6, 6.07) is 20.6. The molecular weight excluding hydrogens is 514 g/mol. The molecule has 0 bridgehead atoms. The molecular formula is C27H22BrNO6. The van der Waals surface area contributed by atoms with Crippen LogP contribution in [0.5, 0.6) is 17.2 Å². The fraction of sp³-hybridized carbons (Fsp3) is 0.185. The molecule has 35 heavy (non-hydrogen) atoms. The van der Waals surface area contributed by atoms with Gasteiger partial charge >= 0.3 is 5.97 Å². The minimum absolute atomic E-state index is 0.0637. The molecule has 178 valence electrons. The number of hydrogen-bond donors (Lipinski definition) is 0. The van der Waals surface area contributed by atoms with Crippen molar-refractivity contribution in [3.05, 3.63) is 98.4 Å². The van der Waals surface area contributed by atoms with E-state index in [0.717, 1.165) is 15.6 Å².